The summed E-state index contributed by atoms with van der Waals surface area (Å²) in [6, 6.07) is 11.6. The van der Waals surface area contributed by atoms with Gasteiger partial charge in [-0.15, -0.1) is 26.3 Å². The first-order valence-electron chi connectivity index (χ1n) is 12.7. The highest BCUT2D eigenvalue weighted by Crippen LogP contribution is 2.43. The number of ether oxygens (including phenoxy) is 2. The largest absolute Gasteiger partial charge is 0.573 e. The molecule has 0 bridgehead atoms. The highest BCUT2D eigenvalue weighted by Gasteiger charge is 2.43. The highest BCUT2D eigenvalue weighted by atomic mass is 19.4. The Bertz CT molecular complexity index is 2010. The molecule has 2 aliphatic carbocycles. The fourth-order valence-electron chi connectivity index (χ4n) is 5.61. The number of nitriles is 2. The zero-order valence-corrected chi connectivity index (χ0v) is 22.7. The van der Waals surface area contributed by atoms with Gasteiger partial charge in [-0.1, -0.05) is 24.3 Å². The Labute approximate surface area is 253 Å². The molecule has 0 aromatic heterocycles. The normalized spacial score (nSPS) is 13.7. The summed E-state index contributed by atoms with van der Waals surface area (Å²) in [6.45, 7) is 14.9. The van der Waals surface area contributed by atoms with Crippen molar-refractivity contribution in [2.24, 2.45) is 0 Å². The van der Waals surface area contributed by atoms with Crippen molar-refractivity contribution in [3.63, 3.8) is 0 Å². The topological polar surface area (TPSA) is 74.8 Å². The van der Waals surface area contributed by atoms with Gasteiger partial charge in [0.2, 0.25) is 0 Å². The lowest BCUT2D eigenvalue weighted by molar-refractivity contribution is -0.277. The van der Waals surface area contributed by atoms with Crippen LogP contribution in [0.4, 0.5) is 35.1 Å². The predicted octanol–water partition coefficient (Wildman–Crippen LogP) is 6.67. The first kappa shape index (κ1) is 31.3. The second kappa shape index (κ2) is 11.4. The molecule has 14 heteroatoms. The number of rotatable bonds is 4. The lowest BCUT2D eigenvalue weighted by Crippen LogP contribution is -2.32. The van der Waals surface area contributed by atoms with Crippen LogP contribution in [0.2, 0.25) is 0 Å². The number of benzene rings is 3. The first-order valence-corrected chi connectivity index (χ1v) is 12.7. The number of nitrogens with zero attached hydrogens (tertiary/aromatic N) is 4. The maximum atomic E-state index is 14.4. The van der Waals surface area contributed by atoms with Gasteiger partial charge in [0.25, 0.3) is 0 Å². The van der Waals surface area contributed by atoms with Crippen LogP contribution in [0.15, 0.2) is 71.1 Å². The SMILES string of the molecule is [C-]#[N+]C([N+]#[C-])=C1Cc2c(OC(F)(F)F)c3c(c(OC(F)(F)F)c2=C1c1cccc(F)c1)CC(=C(C#N)C#N)C=3c1cccc(F)c1. The van der Waals surface area contributed by atoms with Crippen molar-refractivity contribution in [1.29, 1.82) is 10.5 Å². The van der Waals surface area contributed by atoms with Gasteiger partial charge in [0.15, 0.2) is 0 Å². The van der Waals surface area contributed by atoms with Crippen molar-refractivity contribution in [3.05, 3.63) is 138 Å². The summed E-state index contributed by atoms with van der Waals surface area (Å²) in [6.07, 6.45) is -12.5. The quantitative estimate of drug-likeness (QED) is 0.182. The van der Waals surface area contributed by atoms with E-state index in [0.29, 0.717) is 0 Å². The van der Waals surface area contributed by atoms with Crippen LogP contribution in [0, 0.1) is 47.4 Å². The number of allylic oxidation sites excluding steroid dienone is 3. The number of hydrogen-bond acceptors (Lipinski definition) is 4. The van der Waals surface area contributed by atoms with Crippen LogP contribution in [0.3, 0.4) is 0 Å². The molecule has 3 aromatic carbocycles. The Morgan fingerprint density at radius 3 is 1.48 bits per heavy atom. The van der Waals surface area contributed by atoms with Crippen molar-refractivity contribution >= 4 is 11.1 Å². The minimum absolute atomic E-state index is 0.193. The molecule has 6 nitrogen and oxygen atoms in total. The Morgan fingerprint density at radius 1 is 0.696 bits per heavy atom. The second-order valence-corrected chi connectivity index (χ2v) is 9.69. The number of hydrogen-bond donors (Lipinski definition) is 0. The van der Waals surface area contributed by atoms with Gasteiger partial charge >= 0.3 is 18.5 Å². The zero-order valence-electron chi connectivity index (χ0n) is 22.7. The number of alkyl halides is 6. The monoisotopic (exact) mass is 636 g/mol. The molecule has 0 unspecified atom stereocenters. The minimum Gasteiger partial charge on any atom is -0.405 e. The van der Waals surface area contributed by atoms with Gasteiger partial charge in [-0.25, -0.2) is 8.78 Å². The Balaban J connectivity index is 2.17. The van der Waals surface area contributed by atoms with Gasteiger partial charge in [0.1, 0.15) is 54.0 Å². The molecule has 3 aromatic rings. The molecule has 0 amide bonds. The third-order valence-corrected chi connectivity index (χ3v) is 7.09. The molecular weight excluding hydrogens is 624 g/mol. The predicted molar refractivity (Wildman–Crippen MR) is 143 cm³/mol. The summed E-state index contributed by atoms with van der Waals surface area (Å²) < 4.78 is 122. The maximum absolute atomic E-state index is 14.4. The molecule has 228 valence electrons. The fourth-order valence-corrected chi connectivity index (χ4v) is 5.61. The molecule has 0 aliphatic heterocycles. The second-order valence-electron chi connectivity index (χ2n) is 9.69. The van der Waals surface area contributed by atoms with Crippen LogP contribution in [-0.4, -0.2) is 12.7 Å². The van der Waals surface area contributed by atoms with Crippen LogP contribution in [0.5, 0.6) is 11.5 Å². The summed E-state index contributed by atoms with van der Waals surface area (Å²) in [4.78, 5) is 6.19. The van der Waals surface area contributed by atoms with Crippen molar-refractivity contribution in [2.45, 2.75) is 25.6 Å². The van der Waals surface area contributed by atoms with Gasteiger partial charge in [-0.3, -0.25) is 0 Å². The van der Waals surface area contributed by atoms with Crippen LogP contribution < -0.4 is 19.9 Å². The van der Waals surface area contributed by atoms with E-state index < -0.39 is 92.8 Å². The summed E-state index contributed by atoms with van der Waals surface area (Å²) in [5.74, 6) is -4.69. The third-order valence-electron chi connectivity index (χ3n) is 7.09. The van der Waals surface area contributed by atoms with Gasteiger partial charge in [0.05, 0.1) is 5.57 Å². The lowest BCUT2D eigenvalue weighted by atomic mass is 9.95. The van der Waals surface area contributed by atoms with E-state index in [1.165, 1.54) is 12.1 Å². The molecule has 0 spiro atoms. The summed E-state index contributed by atoms with van der Waals surface area (Å²) in [5, 5.41) is 18.0. The molecule has 0 fully saturated rings. The van der Waals surface area contributed by atoms with E-state index in [0.717, 1.165) is 36.4 Å². The first-order chi connectivity index (χ1) is 21.7. The van der Waals surface area contributed by atoms with Crippen LogP contribution in [0.25, 0.3) is 20.8 Å². The van der Waals surface area contributed by atoms with Gasteiger partial charge < -0.3 is 9.47 Å². The van der Waals surface area contributed by atoms with Gasteiger partial charge in [-0.2, -0.15) is 20.2 Å². The van der Waals surface area contributed by atoms with Crippen molar-refractivity contribution in [3.8, 4) is 23.6 Å². The van der Waals surface area contributed by atoms with Crippen molar-refractivity contribution in [1.82, 2.24) is 0 Å². The van der Waals surface area contributed by atoms with E-state index in [1.54, 1.807) is 12.1 Å². The Hall–Kier alpha value is -6.12. The molecule has 0 saturated heterocycles. The summed E-state index contributed by atoms with van der Waals surface area (Å²) in [5.41, 5.74) is -3.77. The van der Waals surface area contributed by atoms with E-state index in [4.69, 9.17) is 13.1 Å². The van der Waals surface area contributed by atoms with E-state index >= 15 is 0 Å². The fraction of sp³-hybridized carbons (Fsp3) is 0.125. The average Bonchev–Trinajstić information content (AvgIpc) is 3.56. The molecule has 5 rings (SSSR count). The standard InChI is InChI=1S/C32H12F8N4O2/c1-43-30(44-2)23-12-22-27(25(23)16-6-4-8-19(34)10-16)28(45-31(35,36)37)21-11-20(17(13-41)14-42)24(15-5-3-7-18(33)9-15)26(21)29(22)46-32(38,39)40/h3-10H,11-12H2. The smallest absolute Gasteiger partial charge is 0.405 e. The Morgan fingerprint density at radius 2 is 1.11 bits per heavy atom. The molecule has 2 aliphatic rings. The molecule has 46 heavy (non-hydrogen) atoms. The molecule has 0 N–H and O–H groups in total. The average molecular weight is 636 g/mol. The van der Waals surface area contributed by atoms with E-state index in [1.807, 2.05) is 0 Å². The number of halogens is 8. The van der Waals surface area contributed by atoms with Crippen molar-refractivity contribution in [2.75, 3.05) is 0 Å². The molecule has 0 heterocycles. The molecule has 0 radical (unpaired) electrons. The Kier molecular flexibility index (Phi) is 7.78. The van der Waals surface area contributed by atoms with Gasteiger partial charge in [0, 0.05) is 34.4 Å². The van der Waals surface area contributed by atoms with E-state index in [2.05, 4.69) is 19.2 Å². The maximum Gasteiger partial charge on any atom is 0.573 e. The van der Waals surface area contributed by atoms with Crippen LogP contribution in [-0.2, 0) is 12.8 Å². The molecule has 0 saturated carbocycles. The lowest BCUT2D eigenvalue weighted by Gasteiger charge is -2.19. The highest BCUT2D eigenvalue weighted by molar-refractivity contribution is 5.91. The van der Waals surface area contributed by atoms with E-state index in [-0.39, 0.29) is 22.3 Å². The van der Waals surface area contributed by atoms with Gasteiger partial charge in [-0.05, 0) is 52.1 Å². The van der Waals surface area contributed by atoms with Crippen molar-refractivity contribution < 1.29 is 44.6 Å². The van der Waals surface area contributed by atoms with Crippen LogP contribution >= 0.6 is 0 Å². The number of fused-ring (bicyclic) bond motifs is 2. The van der Waals surface area contributed by atoms with E-state index in [9.17, 15) is 45.6 Å². The molecule has 0 atom stereocenters. The summed E-state index contributed by atoms with van der Waals surface area (Å²) >= 11 is 0. The minimum atomic E-state index is -5.48. The zero-order chi connectivity index (χ0) is 33.6. The third kappa shape index (κ3) is 5.60. The van der Waals surface area contributed by atoms with Crippen LogP contribution in [0.1, 0.15) is 22.3 Å². The summed E-state index contributed by atoms with van der Waals surface area (Å²) in [7, 11) is 0. The molecular formula is C32H12F8N4O2.